The van der Waals surface area contributed by atoms with Crippen molar-refractivity contribution >= 4 is 36.8 Å². The van der Waals surface area contributed by atoms with Crippen LogP contribution in [-0.4, -0.2) is 58.9 Å². The average molecular weight is 583 g/mol. The van der Waals surface area contributed by atoms with Crippen molar-refractivity contribution < 1.29 is 34.8 Å². The van der Waals surface area contributed by atoms with E-state index in [-0.39, 0.29) is 43.4 Å². The highest BCUT2D eigenvalue weighted by Gasteiger charge is 2.20. The monoisotopic (exact) mass is 582 g/mol. The van der Waals surface area contributed by atoms with Gasteiger partial charge in [-0.3, -0.25) is 0 Å². The molecule has 0 saturated carbocycles. The van der Waals surface area contributed by atoms with Gasteiger partial charge in [0, 0.05) is 24.8 Å². The van der Waals surface area contributed by atoms with Crippen LogP contribution in [0.4, 0.5) is 0 Å². The Morgan fingerprint density at radius 1 is 0.718 bits per heavy atom. The van der Waals surface area contributed by atoms with Crippen molar-refractivity contribution in [2.24, 2.45) is 0 Å². The number of imidazole rings is 2. The van der Waals surface area contributed by atoms with Crippen LogP contribution in [0.2, 0.25) is 0 Å². The van der Waals surface area contributed by atoms with E-state index in [1.54, 1.807) is 70.8 Å². The molecule has 4 N–H and O–H groups in total. The van der Waals surface area contributed by atoms with Crippen LogP contribution in [0.1, 0.15) is 11.1 Å². The third-order valence-electron chi connectivity index (χ3n) is 5.02. The van der Waals surface area contributed by atoms with Gasteiger partial charge in [-0.05, 0) is 38.1 Å². The molecule has 0 aliphatic heterocycles. The summed E-state index contributed by atoms with van der Waals surface area (Å²) in [5, 5.41) is 18.3. The summed E-state index contributed by atoms with van der Waals surface area (Å²) in [6, 6.07) is 14.6. The lowest BCUT2D eigenvalue weighted by molar-refractivity contribution is -0.146. The minimum Gasteiger partial charge on any atom is -0.478 e. The van der Waals surface area contributed by atoms with Crippen LogP contribution >= 0.6 is 24.8 Å². The van der Waals surface area contributed by atoms with Crippen LogP contribution < -0.4 is 9.47 Å². The Hall–Kier alpha value is -4.06. The van der Waals surface area contributed by atoms with Crippen LogP contribution in [0.5, 0.6) is 11.5 Å². The highest BCUT2D eigenvalue weighted by molar-refractivity contribution is 5.85. The van der Waals surface area contributed by atoms with Crippen molar-refractivity contribution in [2.45, 2.75) is 39.1 Å². The number of hydrogen-bond donors (Lipinski definition) is 2. The molecule has 4 rings (SSSR count). The van der Waals surface area contributed by atoms with Crippen LogP contribution in [0.3, 0.4) is 0 Å². The number of aliphatic carboxylic acids is 2. The molecular weight excluding hydrogens is 551 g/mol. The molecule has 2 atom stereocenters. The van der Waals surface area contributed by atoms with E-state index < -0.39 is 24.1 Å². The number of halogens is 2. The summed E-state index contributed by atoms with van der Waals surface area (Å²) in [4.78, 5) is 30.0. The number of rotatable bonds is 10. The summed E-state index contributed by atoms with van der Waals surface area (Å²) in [6.07, 6.45) is 7.88. The molecule has 0 bridgehead atoms. The van der Waals surface area contributed by atoms with E-state index in [1.807, 2.05) is 38.1 Å². The molecule has 39 heavy (non-hydrogen) atoms. The number of hydrogen-bond acceptors (Lipinski definition) is 6. The zero-order valence-electron chi connectivity index (χ0n) is 21.3. The smallest absolute Gasteiger partial charge is 0.346 e. The first-order chi connectivity index (χ1) is 17.3. The quantitative estimate of drug-likeness (QED) is 0.287. The summed E-state index contributed by atoms with van der Waals surface area (Å²) in [5.74, 6) is -0.894. The standard InChI is InChI=1S/2C13H14N2O3.2ClH.H2O/c2*1-10-2-4-11(5-3-10)18-12(13(16)17)8-15-7-6-14-9-15;;;/h2*2-7,9,12H,8H2,1H3,(H,16,17);2*1H;1H2. The SMILES string of the molecule is Cc1ccc(OC(Cn2ccnc2)C(=O)O)cc1.Cc1ccc(OC(Cn2ccnc2)C(=O)O)cc1.Cl.Cl.O. The highest BCUT2D eigenvalue weighted by Crippen LogP contribution is 2.15. The van der Waals surface area contributed by atoms with Crippen LogP contribution in [0.15, 0.2) is 86.0 Å². The van der Waals surface area contributed by atoms with Crippen molar-refractivity contribution in [3.63, 3.8) is 0 Å². The molecule has 0 spiro atoms. The second-order valence-corrected chi connectivity index (χ2v) is 8.03. The van der Waals surface area contributed by atoms with E-state index in [0.717, 1.165) is 11.1 Å². The molecule has 2 unspecified atom stereocenters. The van der Waals surface area contributed by atoms with E-state index in [1.165, 1.54) is 0 Å². The van der Waals surface area contributed by atoms with Gasteiger partial charge in [-0.25, -0.2) is 19.6 Å². The van der Waals surface area contributed by atoms with Gasteiger partial charge in [0.2, 0.25) is 12.2 Å². The summed E-state index contributed by atoms with van der Waals surface area (Å²) in [5.41, 5.74) is 2.20. The van der Waals surface area contributed by atoms with Gasteiger partial charge in [-0.15, -0.1) is 24.8 Å². The normalized spacial score (nSPS) is 11.1. The Balaban J connectivity index is 0.000000688. The summed E-state index contributed by atoms with van der Waals surface area (Å²) in [7, 11) is 0. The molecule has 11 nitrogen and oxygen atoms in total. The maximum absolute atomic E-state index is 11.1. The summed E-state index contributed by atoms with van der Waals surface area (Å²) < 4.78 is 14.3. The van der Waals surface area contributed by atoms with E-state index in [4.69, 9.17) is 19.7 Å². The van der Waals surface area contributed by atoms with Gasteiger partial charge < -0.3 is 34.3 Å². The predicted octanol–water partition coefficient (Wildman–Crippen LogP) is 3.47. The van der Waals surface area contributed by atoms with Crippen molar-refractivity contribution in [1.29, 1.82) is 0 Å². The molecule has 0 amide bonds. The lowest BCUT2D eigenvalue weighted by Crippen LogP contribution is -2.31. The van der Waals surface area contributed by atoms with E-state index in [0.29, 0.717) is 11.5 Å². The number of aromatic nitrogens is 4. The average Bonchev–Trinajstić information content (AvgIpc) is 3.56. The topological polar surface area (TPSA) is 160 Å². The lowest BCUT2D eigenvalue weighted by atomic mass is 10.2. The Bertz CT molecular complexity index is 1120. The number of aryl methyl sites for hydroxylation is 2. The molecule has 0 aliphatic carbocycles. The molecule has 0 fully saturated rings. The molecule has 0 aliphatic rings. The first-order valence-corrected chi connectivity index (χ1v) is 11.1. The Morgan fingerprint density at radius 2 is 1.05 bits per heavy atom. The minimum absolute atomic E-state index is 0. The molecule has 0 radical (unpaired) electrons. The third kappa shape index (κ3) is 11.9. The van der Waals surface area contributed by atoms with Gasteiger partial charge in [-0.1, -0.05) is 35.4 Å². The molecule has 2 aromatic heterocycles. The molecular formula is C26H32Cl2N4O7. The number of ether oxygens (including phenoxy) is 2. The fourth-order valence-electron chi connectivity index (χ4n) is 3.07. The van der Waals surface area contributed by atoms with Crippen LogP contribution in [0, 0.1) is 13.8 Å². The van der Waals surface area contributed by atoms with Gasteiger partial charge in [0.05, 0.1) is 25.7 Å². The predicted molar refractivity (Wildman–Crippen MR) is 149 cm³/mol. The Labute approximate surface area is 238 Å². The summed E-state index contributed by atoms with van der Waals surface area (Å²) >= 11 is 0. The van der Waals surface area contributed by atoms with E-state index >= 15 is 0 Å². The molecule has 0 saturated heterocycles. The van der Waals surface area contributed by atoms with Crippen molar-refractivity contribution in [1.82, 2.24) is 19.1 Å². The van der Waals surface area contributed by atoms with Crippen molar-refractivity contribution in [3.05, 3.63) is 97.1 Å². The van der Waals surface area contributed by atoms with E-state index in [9.17, 15) is 9.59 Å². The Morgan fingerprint density at radius 3 is 1.31 bits per heavy atom. The fraction of sp³-hybridized carbons (Fsp3) is 0.231. The fourth-order valence-corrected chi connectivity index (χ4v) is 3.07. The van der Waals surface area contributed by atoms with Gasteiger partial charge in [0.15, 0.2) is 0 Å². The van der Waals surface area contributed by atoms with Gasteiger partial charge in [0.1, 0.15) is 11.5 Å². The molecule has 13 heteroatoms. The number of benzene rings is 2. The second-order valence-electron chi connectivity index (χ2n) is 8.03. The van der Waals surface area contributed by atoms with Crippen LogP contribution in [0.25, 0.3) is 0 Å². The first-order valence-electron chi connectivity index (χ1n) is 11.1. The van der Waals surface area contributed by atoms with Crippen LogP contribution in [-0.2, 0) is 22.7 Å². The van der Waals surface area contributed by atoms with Crippen molar-refractivity contribution in [3.8, 4) is 11.5 Å². The Kier molecular flexibility index (Phi) is 15.6. The zero-order chi connectivity index (χ0) is 25.9. The first kappa shape index (κ1) is 34.9. The number of carbonyl (C=O) groups is 2. The van der Waals surface area contributed by atoms with Crippen molar-refractivity contribution in [2.75, 3.05) is 0 Å². The third-order valence-corrected chi connectivity index (χ3v) is 5.02. The van der Waals surface area contributed by atoms with Gasteiger partial charge in [-0.2, -0.15) is 0 Å². The van der Waals surface area contributed by atoms with Gasteiger partial charge in [0.25, 0.3) is 0 Å². The largest absolute Gasteiger partial charge is 0.478 e. The zero-order valence-corrected chi connectivity index (χ0v) is 22.9. The highest BCUT2D eigenvalue weighted by atomic mass is 35.5. The van der Waals surface area contributed by atoms with E-state index in [2.05, 4.69) is 9.97 Å². The molecule has 212 valence electrons. The summed E-state index contributed by atoms with van der Waals surface area (Å²) in [6.45, 7) is 4.38. The second kappa shape index (κ2) is 17.4. The molecule has 2 aromatic carbocycles. The number of nitrogens with zero attached hydrogens (tertiary/aromatic N) is 4. The minimum atomic E-state index is -0.996. The van der Waals surface area contributed by atoms with Gasteiger partial charge >= 0.3 is 11.9 Å². The molecule has 2 heterocycles. The lowest BCUT2D eigenvalue weighted by Gasteiger charge is -2.15. The maximum Gasteiger partial charge on any atom is 0.346 e. The number of carboxylic acid groups (broad SMARTS) is 2. The maximum atomic E-state index is 11.1. The molecule has 4 aromatic rings. The number of carboxylic acids is 2.